The van der Waals surface area contributed by atoms with Crippen LogP contribution in [0.25, 0.3) is 10.2 Å². The number of carbonyl (C=O) groups excluding carboxylic acids is 1. The van der Waals surface area contributed by atoms with Crippen molar-refractivity contribution in [1.82, 2.24) is 19.4 Å². The molecular formula is C23H26N4O4S. The van der Waals surface area contributed by atoms with Gasteiger partial charge in [0.05, 0.1) is 16.6 Å². The fraction of sp³-hybridized carbons (Fsp3) is 0.435. The number of benzene rings is 1. The number of aromatic nitrogens is 2. The van der Waals surface area contributed by atoms with Crippen LogP contribution in [-0.4, -0.2) is 58.2 Å². The molecule has 2 aliphatic heterocycles. The molecule has 4 heterocycles. The first kappa shape index (κ1) is 21.0. The number of carbonyl (C=O) groups is 1. The van der Waals surface area contributed by atoms with Gasteiger partial charge in [-0.1, -0.05) is 13.0 Å². The Kier molecular flexibility index (Phi) is 5.60. The summed E-state index contributed by atoms with van der Waals surface area (Å²) in [5, 5.41) is 0.579. The molecule has 8 nitrogen and oxygen atoms in total. The van der Waals surface area contributed by atoms with Crippen LogP contribution in [0.3, 0.4) is 0 Å². The predicted molar refractivity (Wildman–Crippen MR) is 123 cm³/mol. The number of hydrogen-bond acceptors (Lipinski definition) is 7. The summed E-state index contributed by atoms with van der Waals surface area (Å²) in [6.45, 7) is 8.51. The molecule has 32 heavy (non-hydrogen) atoms. The van der Waals surface area contributed by atoms with Crippen molar-refractivity contribution < 1.29 is 14.3 Å². The molecule has 9 heteroatoms. The minimum absolute atomic E-state index is 0.00493. The van der Waals surface area contributed by atoms with Gasteiger partial charge >= 0.3 is 0 Å². The summed E-state index contributed by atoms with van der Waals surface area (Å²) in [6, 6.07) is 6.03. The first-order valence-electron chi connectivity index (χ1n) is 10.9. The molecule has 0 bridgehead atoms. The van der Waals surface area contributed by atoms with E-state index in [9.17, 15) is 9.59 Å². The molecule has 1 saturated heterocycles. The highest BCUT2D eigenvalue weighted by molar-refractivity contribution is 7.20. The second kappa shape index (κ2) is 8.55. The average Bonchev–Trinajstić information content (AvgIpc) is 3.40. The van der Waals surface area contributed by atoms with Crippen LogP contribution in [-0.2, 0) is 13.1 Å². The zero-order chi connectivity index (χ0) is 22.2. The maximum absolute atomic E-state index is 13.3. The highest BCUT2D eigenvalue weighted by atomic mass is 32.1. The van der Waals surface area contributed by atoms with Gasteiger partial charge in [-0.2, -0.15) is 0 Å². The molecular weight excluding hydrogens is 428 g/mol. The average molecular weight is 455 g/mol. The van der Waals surface area contributed by atoms with Gasteiger partial charge in [0.1, 0.15) is 4.83 Å². The summed E-state index contributed by atoms with van der Waals surface area (Å²) < 4.78 is 12.5. The Balaban J connectivity index is 1.27. The Morgan fingerprint density at radius 1 is 1.16 bits per heavy atom. The van der Waals surface area contributed by atoms with Crippen molar-refractivity contribution in [1.29, 1.82) is 0 Å². The first-order valence-corrected chi connectivity index (χ1v) is 11.8. The number of aryl methyl sites for hydroxylation is 2. The molecule has 0 radical (unpaired) electrons. The smallest absolute Gasteiger partial charge is 0.264 e. The van der Waals surface area contributed by atoms with E-state index in [2.05, 4.69) is 16.0 Å². The van der Waals surface area contributed by atoms with E-state index in [4.69, 9.17) is 9.47 Å². The molecule has 0 N–H and O–H groups in total. The highest BCUT2D eigenvalue weighted by Gasteiger charge is 2.27. The zero-order valence-electron chi connectivity index (χ0n) is 18.3. The monoisotopic (exact) mass is 454 g/mol. The quantitative estimate of drug-likeness (QED) is 0.590. The number of thiophene rings is 1. The number of amides is 1. The lowest BCUT2D eigenvalue weighted by atomic mass is 10.1. The fourth-order valence-electron chi connectivity index (χ4n) is 4.31. The molecule has 1 aromatic carbocycles. The Labute approximate surface area is 190 Å². The van der Waals surface area contributed by atoms with Crippen molar-refractivity contribution in [3.63, 3.8) is 0 Å². The second-order valence-corrected chi connectivity index (χ2v) is 9.23. The Morgan fingerprint density at radius 2 is 1.94 bits per heavy atom. The van der Waals surface area contributed by atoms with E-state index in [0.29, 0.717) is 34.7 Å². The molecule has 0 saturated carbocycles. The van der Waals surface area contributed by atoms with Crippen LogP contribution in [0.2, 0.25) is 0 Å². The van der Waals surface area contributed by atoms with Crippen LogP contribution in [0, 0.1) is 6.92 Å². The van der Waals surface area contributed by atoms with E-state index in [1.54, 1.807) is 10.9 Å². The molecule has 3 aromatic rings. The summed E-state index contributed by atoms with van der Waals surface area (Å²) in [5.74, 6) is 1.58. The first-order chi connectivity index (χ1) is 15.5. The van der Waals surface area contributed by atoms with Crippen molar-refractivity contribution in [3.8, 4) is 11.5 Å². The summed E-state index contributed by atoms with van der Waals surface area (Å²) in [6.07, 6.45) is 2.45. The Bertz CT molecular complexity index is 1230. The van der Waals surface area contributed by atoms with E-state index in [1.807, 2.05) is 30.9 Å². The van der Waals surface area contributed by atoms with Crippen molar-refractivity contribution in [2.75, 3.05) is 33.0 Å². The van der Waals surface area contributed by atoms with Gasteiger partial charge in [-0.15, -0.1) is 11.3 Å². The van der Waals surface area contributed by atoms with Gasteiger partial charge in [-0.25, -0.2) is 4.98 Å². The maximum atomic E-state index is 13.3. The SMILES string of the molecule is CCCn1cnc2sc(C(=O)N3CCN(Cc4ccc5c(c4)OCO5)CC3)c(C)c2c1=O. The third-order valence-corrected chi connectivity index (χ3v) is 7.27. The normalized spacial score (nSPS) is 16.1. The summed E-state index contributed by atoms with van der Waals surface area (Å²) in [7, 11) is 0. The van der Waals surface area contributed by atoms with Gasteiger partial charge in [0.15, 0.2) is 11.5 Å². The number of fused-ring (bicyclic) bond motifs is 2. The van der Waals surface area contributed by atoms with E-state index in [-0.39, 0.29) is 18.3 Å². The van der Waals surface area contributed by atoms with Crippen molar-refractivity contribution in [2.45, 2.75) is 33.4 Å². The molecule has 2 aliphatic rings. The van der Waals surface area contributed by atoms with Gasteiger partial charge < -0.3 is 14.4 Å². The van der Waals surface area contributed by atoms with Crippen molar-refractivity contribution >= 4 is 27.5 Å². The lowest BCUT2D eigenvalue weighted by Crippen LogP contribution is -2.48. The van der Waals surface area contributed by atoms with E-state index >= 15 is 0 Å². The van der Waals surface area contributed by atoms with Gasteiger partial charge in [0, 0.05) is 39.3 Å². The van der Waals surface area contributed by atoms with Crippen molar-refractivity contribution in [2.24, 2.45) is 0 Å². The summed E-state index contributed by atoms with van der Waals surface area (Å²) >= 11 is 1.33. The molecule has 0 unspecified atom stereocenters. The molecule has 0 atom stereocenters. The summed E-state index contributed by atoms with van der Waals surface area (Å²) in [5.41, 5.74) is 1.86. The second-order valence-electron chi connectivity index (χ2n) is 8.24. The Morgan fingerprint density at radius 3 is 2.72 bits per heavy atom. The van der Waals surface area contributed by atoms with E-state index < -0.39 is 0 Å². The van der Waals surface area contributed by atoms with Gasteiger partial charge in [-0.3, -0.25) is 19.1 Å². The standard InChI is InChI=1S/C23H26N4O4S/c1-3-6-27-13-24-21-19(22(27)28)15(2)20(32-21)23(29)26-9-7-25(8-10-26)12-16-4-5-17-18(11-16)31-14-30-17/h4-5,11,13H,3,6-10,12,14H2,1-2H3. The largest absolute Gasteiger partial charge is 0.454 e. The van der Waals surface area contributed by atoms with E-state index in [1.165, 1.54) is 16.9 Å². The van der Waals surface area contributed by atoms with Gasteiger partial charge in [0.25, 0.3) is 11.5 Å². The minimum Gasteiger partial charge on any atom is -0.454 e. The number of rotatable bonds is 5. The number of hydrogen-bond donors (Lipinski definition) is 0. The molecule has 5 rings (SSSR count). The maximum Gasteiger partial charge on any atom is 0.264 e. The fourth-order valence-corrected chi connectivity index (χ4v) is 5.42. The van der Waals surface area contributed by atoms with Crippen LogP contribution in [0.1, 0.15) is 34.1 Å². The van der Waals surface area contributed by atoms with Gasteiger partial charge in [0.2, 0.25) is 6.79 Å². The Hall–Kier alpha value is -2.91. The third-order valence-electron chi connectivity index (χ3n) is 6.08. The number of piperazine rings is 1. The van der Waals surface area contributed by atoms with Crippen LogP contribution >= 0.6 is 11.3 Å². The number of ether oxygens (including phenoxy) is 2. The number of nitrogens with zero attached hydrogens (tertiary/aromatic N) is 4. The van der Waals surface area contributed by atoms with Crippen molar-refractivity contribution in [3.05, 3.63) is 50.9 Å². The molecule has 0 aliphatic carbocycles. The summed E-state index contributed by atoms with van der Waals surface area (Å²) in [4.78, 5) is 36.0. The highest BCUT2D eigenvalue weighted by Crippen LogP contribution is 2.33. The van der Waals surface area contributed by atoms with Crippen LogP contribution < -0.4 is 15.0 Å². The predicted octanol–water partition coefficient (Wildman–Crippen LogP) is 2.86. The molecule has 2 aromatic heterocycles. The topological polar surface area (TPSA) is 76.9 Å². The lowest BCUT2D eigenvalue weighted by molar-refractivity contribution is 0.0632. The van der Waals surface area contributed by atoms with Crippen LogP contribution in [0.4, 0.5) is 0 Å². The van der Waals surface area contributed by atoms with Gasteiger partial charge in [-0.05, 0) is 36.6 Å². The third kappa shape index (κ3) is 3.75. The molecule has 1 amide bonds. The zero-order valence-corrected chi connectivity index (χ0v) is 19.1. The van der Waals surface area contributed by atoms with E-state index in [0.717, 1.165) is 43.1 Å². The van der Waals surface area contributed by atoms with Crippen LogP contribution in [0.15, 0.2) is 29.3 Å². The molecule has 0 spiro atoms. The molecule has 1 fully saturated rings. The minimum atomic E-state index is -0.0572. The van der Waals surface area contributed by atoms with Crippen LogP contribution in [0.5, 0.6) is 11.5 Å². The lowest BCUT2D eigenvalue weighted by Gasteiger charge is -2.34. The molecule has 168 valence electrons.